The predicted octanol–water partition coefficient (Wildman–Crippen LogP) is 2.11. The highest BCUT2D eigenvalue weighted by Crippen LogP contribution is 2.50. The minimum Gasteiger partial charge on any atom is -0.508 e. The maximum Gasteiger partial charge on any atom is 0.330 e. The number of phenols is 3. The lowest BCUT2D eigenvalue weighted by Crippen LogP contribution is -2.60. The number of aliphatic hydroxyl groups excluding tert-OH is 6. The fraction of sp³-hybridized carbons (Fsp3) is 0.387. The van der Waals surface area contributed by atoms with Crippen LogP contribution in [0.3, 0.4) is 0 Å². The fourth-order valence-corrected chi connectivity index (χ4v) is 11.7. The van der Waals surface area contributed by atoms with E-state index in [1.807, 2.05) is 13.8 Å². The molecule has 6 heterocycles. The highest BCUT2D eigenvalue weighted by atomic mass is 35.5. The van der Waals surface area contributed by atoms with Gasteiger partial charge in [0.15, 0.2) is 29.1 Å². The molecule has 11 rings (SSSR count). The molecule has 490 valence electrons. The van der Waals surface area contributed by atoms with E-state index in [1.165, 1.54) is 31.3 Å². The Morgan fingerprint density at radius 2 is 1.33 bits per heavy atom. The minimum absolute atomic E-state index is 0.0506. The van der Waals surface area contributed by atoms with E-state index in [4.69, 9.17) is 42.1 Å². The van der Waals surface area contributed by atoms with Crippen molar-refractivity contribution < 1.29 is 108 Å². The summed E-state index contributed by atoms with van der Waals surface area (Å²) < 4.78 is 25.0. The number of aliphatic hydroxyl groups is 6. The number of carbonyl (C=O) groups excluding carboxylic acids is 7. The number of ether oxygens (including phenoxy) is 4. The number of carbonyl (C=O) groups is 8. The molecular weight excluding hydrogens is 1250 g/mol. The number of likely N-dealkylation sites (N-methyl/N-ethyl adjacent to an activating group) is 1. The Kier molecular flexibility index (Phi) is 20.6. The Hall–Kier alpha value is -8.68. The van der Waals surface area contributed by atoms with Crippen LogP contribution in [-0.2, 0) is 43.1 Å². The number of hydrogen-bond donors (Lipinski definition) is 16. The van der Waals surface area contributed by atoms with E-state index >= 15 is 14.4 Å². The van der Waals surface area contributed by atoms with E-state index in [2.05, 4.69) is 31.9 Å². The molecule has 6 aliphatic rings. The number of nitrogens with one attached hydrogen (secondary N) is 6. The lowest BCUT2D eigenvalue weighted by molar-refractivity contribution is -0.277. The summed E-state index contributed by atoms with van der Waals surface area (Å²) >= 11 is 13.9. The standard InChI is InChI=1S/C62H66Cl2N6O22/c1-23(2)11-36(65-4)59(85)69-49-39(76)15-29(21-66-24(3)72)57(83)67-47-28-16-43(89-41-9-6-26(51(49)78)13-34(41)63)56(92-62-55(82)54(81)53(80)45(22-71)91-62)44(17-28)90-42-10-7-27(14-35(42)64)52(79)50-60(86)68-48(61(87)88)33-18-30(73)19-38(75)46(33)32-12-25(5-8-37(32)74)31(20-40(47)77)58(84)70-50/h5-10,12-14,16-19,23,29,31,36,45,47-55,62,65,71,73-75,78-82H,11,15,20-22H2,1-4H3,(H,66,72)(H,67,83)(H,68,86)(H,69,85)(H,70,84)(H,87,88)/t29-,31+,36+,45?,47+,48-,49-,50-,51+,52+,53?,54?,55?,62?/m0/s1. The van der Waals surface area contributed by atoms with Crippen molar-refractivity contribution in [1.29, 1.82) is 0 Å². The number of benzene rings is 5. The van der Waals surface area contributed by atoms with Gasteiger partial charge in [-0.1, -0.05) is 55.2 Å². The van der Waals surface area contributed by atoms with E-state index in [0.717, 1.165) is 61.5 Å². The summed E-state index contributed by atoms with van der Waals surface area (Å²) in [5, 5.41) is 127. The van der Waals surface area contributed by atoms with Crippen molar-refractivity contribution in [3.8, 4) is 57.1 Å². The molecule has 1 saturated heterocycles. The minimum atomic E-state index is -2.21. The molecule has 0 radical (unpaired) electrons. The number of hydrogen-bond acceptors (Lipinski definition) is 22. The van der Waals surface area contributed by atoms with Crippen LogP contribution in [0.4, 0.5) is 0 Å². The van der Waals surface area contributed by atoms with Crippen LogP contribution in [0.5, 0.6) is 46.0 Å². The highest BCUT2D eigenvalue weighted by Gasteiger charge is 2.47. The van der Waals surface area contributed by atoms with Crippen molar-refractivity contribution >= 4 is 70.3 Å². The van der Waals surface area contributed by atoms with Gasteiger partial charge in [-0.25, -0.2) is 4.79 Å². The predicted molar refractivity (Wildman–Crippen MR) is 320 cm³/mol. The molecule has 5 amide bonds. The number of ketones is 2. The molecule has 1 fully saturated rings. The third-order valence-electron chi connectivity index (χ3n) is 16.1. The van der Waals surface area contributed by atoms with Crippen molar-refractivity contribution in [2.24, 2.45) is 11.8 Å². The summed E-state index contributed by atoms with van der Waals surface area (Å²) in [5.41, 5.74) is -2.27. The molecule has 0 saturated carbocycles. The molecule has 0 aliphatic carbocycles. The summed E-state index contributed by atoms with van der Waals surface area (Å²) in [7, 11) is 1.51. The van der Waals surface area contributed by atoms with Crippen molar-refractivity contribution in [2.45, 2.75) is 119 Å². The Bertz CT molecular complexity index is 3740. The molecule has 5 aromatic rings. The second-order valence-corrected chi connectivity index (χ2v) is 23.8. The second-order valence-electron chi connectivity index (χ2n) is 23.0. The average molecular weight is 1320 g/mol. The van der Waals surface area contributed by atoms with Gasteiger partial charge < -0.3 is 102 Å². The van der Waals surface area contributed by atoms with Crippen molar-refractivity contribution in [3.63, 3.8) is 0 Å². The van der Waals surface area contributed by atoms with Gasteiger partial charge in [-0.2, -0.15) is 0 Å². The molecule has 11 bridgehead atoms. The van der Waals surface area contributed by atoms with Gasteiger partial charge in [-0.15, -0.1) is 0 Å². The van der Waals surface area contributed by atoms with Gasteiger partial charge in [0.1, 0.15) is 83.5 Å². The number of fused-ring (bicyclic) bond motifs is 15. The first-order chi connectivity index (χ1) is 43.6. The van der Waals surface area contributed by atoms with Crippen LogP contribution in [0.15, 0.2) is 78.9 Å². The molecule has 28 nitrogen and oxygen atoms in total. The smallest absolute Gasteiger partial charge is 0.330 e. The first-order valence-electron chi connectivity index (χ1n) is 28.8. The molecule has 5 aromatic carbocycles. The van der Waals surface area contributed by atoms with Gasteiger partial charge in [0.25, 0.3) is 0 Å². The SMILES string of the molecule is CN[C@H](CC(C)C)C(=O)N[C@H]1C(=O)C[C@@H](CNC(C)=O)C(=O)N[C@H]2C(=O)C[C@H]3C(=O)N[C@H](C(=O)N[C@H](C(=O)O)c4cc(O)cc(O)c4-c4cc3ccc4O)[C@H](O)c3ccc(c(Cl)c3)Oc3cc2cc(c3OC2OC(CO)C(O)C(O)C2O)Oc2ccc(cc2Cl)[C@H]1O. The quantitative estimate of drug-likeness (QED) is 0.0900. The van der Waals surface area contributed by atoms with Gasteiger partial charge in [0, 0.05) is 49.1 Å². The van der Waals surface area contributed by atoms with E-state index < -0.39 is 214 Å². The molecule has 30 heteroatoms. The molecule has 0 aromatic heterocycles. The normalized spacial score (nSPS) is 26.2. The zero-order valence-corrected chi connectivity index (χ0v) is 50.8. The number of Topliss-reactive ketones (excluding diaryl/α,β-unsaturated/α-hetero) is 2. The van der Waals surface area contributed by atoms with Crippen LogP contribution in [0.25, 0.3) is 11.1 Å². The molecule has 92 heavy (non-hydrogen) atoms. The number of aromatic hydroxyl groups is 3. The Morgan fingerprint density at radius 3 is 1.91 bits per heavy atom. The number of phenolic OH excluding ortho intramolecular Hbond substituents is 3. The third kappa shape index (κ3) is 14.3. The van der Waals surface area contributed by atoms with Crippen LogP contribution in [-0.4, -0.2) is 167 Å². The second kappa shape index (κ2) is 28.0. The maximum absolute atomic E-state index is 16.0. The number of rotatable bonds is 11. The Balaban J connectivity index is 1.32. The van der Waals surface area contributed by atoms with Gasteiger partial charge in [-0.3, -0.25) is 33.6 Å². The van der Waals surface area contributed by atoms with Gasteiger partial charge in [0.05, 0.1) is 34.5 Å². The Morgan fingerprint density at radius 1 is 0.696 bits per heavy atom. The van der Waals surface area contributed by atoms with Crippen LogP contribution < -0.4 is 46.1 Å². The molecule has 6 aliphatic heterocycles. The molecule has 0 spiro atoms. The third-order valence-corrected chi connectivity index (χ3v) is 16.7. The maximum atomic E-state index is 16.0. The lowest BCUT2D eigenvalue weighted by atomic mass is 9.84. The number of carboxylic acid groups (broad SMARTS) is 1. The number of aliphatic carboxylic acids is 1. The Labute approximate surface area is 533 Å². The number of carboxylic acids is 1. The topological polar surface area (TPSA) is 448 Å². The van der Waals surface area contributed by atoms with Crippen LogP contribution >= 0.6 is 23.2 Å². The van der Waals surface area contributed by atoms with Gasteiger partial charge in [0.2, 0.25) is 41.6 Å². The monoisotopic (exact) mass is 1320 g/mol. The summed E-state index contributed by atoms with van der Waals surface area (Å²) in [5.74, 6) is -17.3. The van der Waals surface area contributed by atoms with Crippen molar-refractivity contribution in [2.75, 3.05) is 20.2 Å². The molecule has 5 unspecified atom stereocenters. The van der Waals surface area contributed by atoms with Crippen molar-refractivity contribution in [3.05, 3.63) is 117 Å². The zero-order valence-electron chi connectivity index (χ0n) is 49.3. The van der Waals surface area contributed by atoms with Gasteiger partial charge in [-0.05, 0) is 96.2 Å². The summed E-state index contributed by atoms with van der Waals surface area (Å²) in [6, 6.07) is 4.91. The molecule has 16 N–H and O–H groups in total. The summed E-state index contributed by atoms with van der Waals surface area (Å²) in [6.45, 7) is 3.23. The van der Waals surface area contributed by atoms with Crippen LogP contribution in [0.2, 0.25) is 10.0 Å². The fourth-order valence-electron chi connectivity index (χ4n) is 11.3. The highest BCUT2D eigenvalue weighted by molar-refractivity contribution is 6.32. The lowest BCUT2D eigenvalue weighted by Gasteiger charge is -2.39. The van der Waals surface area contributed by atoms with Crippen LogP contribution in [0.1, 0.15) is 98.1 Å². The molecule has 14 atom stereocenters. The number of amides is 5. The average Bonchev–Trinajstić information content (AvgIpc) is 0.779. The summed E-state index contributed by atoms with van der Waals surface area (Å²) in [6.07, 6.45) is -15.5. The molecular formula is C62H66Cl2N6O22. The number of halogens is 2. The van der Waals surface area contributed by atoms with E-state index in [-0.39, 0.29) is 51.1 Å². The van der Waals surface area contributed by atoms with E-state index in [9.17, 15) is 75.0 Å². The van der Waals surface area contributed by atoms with Gasteiger partial charge >= 0.3 is 5.97 Å². The first-order valence-corrected chi connectivity index (χ1v) is 29.6. The van der Waals surface area contributed by atoms with E-state index in [0.29, 0.717) is 0 Å². The first kappa shape index (κ1) is 67.7. The summed E-state index contributed by atoms with van der Waals surface area (Å²) in [4.78, 5) is 116. The van der Waals surface area contributed by atoms with E-state index in [1.54, 1.807) is 0 Å². The van der Waals surface area contributed by atoms with Crippen LogP contribution in [0, 0.1) is 11.8 Å². The largest absolute Gasteiger partial charge is 0.508 e. The zero-order chi connectivity index (χ0) is 66.9. The van der Waals surface area contributed by atoms with Crippen molar-refractivity contribution in [1.82, 2.24) is 31.9 Å².